The van der Waals surface area contributed by atoms with E-state index in [9.17, 15) is 9.59 Å². The number of imidazole rings is 1. The van der Waals surface area contributed by atoms with Gasteiger partial charge in [0.15, 0.2) is 5.78 Å². The summed E-state index contributed by atoms with van der Waals surface area (Å²) in [5.74, 6) is -1.36. The van der Waals surface area contributed by atoms with Crippen LogP contribution in [0.15, 0.2) is 83.9 Å². The first-order valence-electron chi connectivity index (χ1n) is 9.74. The molecule has 1 aromatic heterocycles. The highest BCUT2D eigenvalue weighted by atomic mass is 35.5. The Balaban J connectivity index is 1.61. The first-order chi connectivity index (χ1) is 15.1. The molecule has 0 aliphatic carbocycles. The lowest BCUT2D eigenvalue weighted by molar-refractivity contribution is -0.127. The number of nitrogens with one attached hydrogen (secondary N) is 1. The molecule has 1 aliphatic heterocycles. The third-order valence-electron chi connectivity index (χ3n) is 5.20. The monoisotopic (exact) mass is 425 g/mol. The number of carbonyl (C=O) groups excluding carboxylic acids is 2. The fourth-order valence-corrected chi connectivity index (χ4v) is 3.97. The van der Waals surface area contributed by atoms with Gasteiger partial charge in [0.1, 0.15) is 11.7 Å². The predicted molar refractivity (Wildman–Crippen MR) is 120 cm³/mol. The summed E-state index contributed by atoms with van der Waals surface area (Å²) in [5, 5.41) is 1.72. The van der Waals surface area contributed by atoms with Gasteiger partial charge >= 0.3 is 0 Å². The van der Waals surface area contributed by atoms with Crippen LogP contribution < -0.4 is 10.6 Å². The first-order valence-corrected chi connectivity index (χ1v) is 10.1. The molecule has 0 spiro atoms. The SMILES string of the molecule is O=C(/C=C/c1nc2ccccc2[nH]1)C1C(=O)N=c2ccc(Cl)cc2=C1c1ccccc1. The molecule has 1 amide bonds. The molecule has 0 saturated carbocycles. The third-order valence-corrected chi connectivity index (χ3v) is 5.43. The topological polar surface area (TPSA) is 75.2 Å². The van der Waals surface area contributed by atoms with E-state index in [-0.39, 0.29) is 5.78 Å². The van der Waals surface area contributed by atoms with E-state index in [0.717, 1.165) is 16.6 Å². The Hall–Kier alpha value is -3.83. The van der Waals surface area contributed by atoms with Crippen LogP contribution in [0.1, 0.15) is 11.4 Å². The van der Waals surface area contributed by atoms with Crippen molar-refractivity contribution in [2.75, 3.05) is 0 Å². The number of hydrogen-bond acceptors (Lipinski definition) is 3. The van der Waals surface area contributed by atoms with E-state index in [0.29, 0.717) is 27.0 Å². The van der Waals surface area contributed by atoms with Crippen LogP contribution in [0.25, 0.3) is 22.7 Å². The van der Waals surface area contributed by atoms with Gasteiger partial charge in [-0.2, -0.15) is 0 Å². The standard InChI is InChI=1S/C25H16ClN3O2/c26-16-10-11-18-17(14-16)23(15-6-2-1-3-7-15)24(25(31)29-18)21(30)12-13-22-27-19-8-4-5-9-20(19)28-22/h1-14,24H,(H,27,28)/b13-12+. The summed E-state index contributed by atoms with van der Waals surface area (Å²) >= 11 is 6.22. The molecule has 0 bridgehead atoms. The number of hydrogen-bond donors (Lipinski definition) is 1. The molecule has 0 fully saturated rings. The lowest BCUT2D eigenvalue weighted by Crippen LogP contribution is -2.40. The number of nitrogens with zero attached hydrogens (tertiary/aromatic N) is 2. The van der Waals surface area contributed by atoms with Gasteiger partial charge in [-0.3, -0.25) is 9.59 Å². The second kappa shape index (κ2) is 7.78. The van der Waals surface area contributed by atoms with Gasteiger partial charge in [0.2, 0.25) is 0 Å². The van der Waals surface area contributed by atoms with Gasteiger partial charge in [-0.25, -0.2) is 9.98 Å². The molecule has 31 heavy (non-hydrogen) atoms. The minimum absolute atomic E-state index is 0.362. The number of carbonyl (C=O) groups is 2. The maximum Gasteiger partial charge on any atom is 0.261 e. The third kappa shape index (κ3) is 3.60. The van der Waals surface area contributed by atoms with Crippen molar-refractivity contribution < 1.29 is 9.59 Å². The zero-order chi connectivity index (χ0) is 21.4. The zero-order valence-corrected chi connectivity index (χ0v) is 17.0. The van der Waals surface area contributed by atoms with E-state index in [1.54, 1.807) is 24.3 Å². The zero-order valence-electron chi connectivity index (χ0n) is 16.2. The minimum atomic E-state index is -1.05. The summed E-state index contributed by atoms with van der Waals surface area (Å²) in [6.45, 7) is 0. The highest BCUT2D eigenvalue weighted by Gasteiger charge is 2.32. The molecule has 6 heteroatoms. The Morgan fingerprint density at radius 2 is 1.77 bits per heavy atom. The van der Waals surface area contributed by atoms with Crippen molar-refractivity contribution in [3.05, 3.63) is 106 Å². The van der Waals surface area contributed by atoms with Gasteiger partial charge in [0.25, 0.3) is 5.91 Å². The fourth-order valence-electron chi connectivity index (χ4n) is 3.80. The molecule has 1 N–H and O–H groups in total. The summed E-state index contributed by atoms with van der Waals surface area (Å²) in [6.07, 6.45) is 2.97. The molecule has 1 atom stereocenters. The fraction of sp³-hybridized carbons (Fsp3) is 0.0400. The van der Waals surface area contributed by atoms with E-state index >= 15 is 0 Å². The average molecular weight is 426 g/mol. The number of fused-ring (bicyclic) bond motifs is 2. The van der Waals surface area contributed by atoms with Crippen LogP contribution in [0.4, 0.5) is 0 Å². The number of para-hydroxylation sites is 2. The number of aromatic amines is 1. The number of aromatic nitrogens is 2. The van der Waals surface area contributed by atoms with Gasteiger partial charge in [0, 0.05) is 10.2 Å². The smallest absolute Gasteiger partial charge is 0.261 e. The highest BCUT2D eigenvalue weighted by molar-refractivity contribution is 6.30. The minimum Gasteiger partial charge on any atom is -0.338 e. The van der Waals surface area contributed by atoms with Crippen molar-refractivity contribution in [3.8, 4) is 0 Å². The van der Waals surface area contributed by atoms with Crippen molar-refractivity contribution in [1.29, 1.82) is 0 Å². The second-order valence-corrected chi connectivity index (χ2v) is 7.64. The summed E-state index contributed by atoms with van der Waals surface area (Å²) in [4.78, 5) is 37.9. The van der Waals surface area contributed by atoms with Crippen LogP contribution in [-0.2, 0) is 9.59 Å². The number of allylic oxidation sites excluding steroid dienone is 1. The predicted octanol–water partition coefficient (Wildman–Crippen LogP) is 3.47. The largest absolute Gasteiger partial charge is 0.338 e. The van der Waals surface area contributed by atoms with Gasteiger partial charge in [-0.1, -0.05) is 54.1 Å². The van der Waals surface area contributed by atoms with Crippen molar-refractivity contribution in [3.63, 3.8) is 0 Å². The lowest BCUT2D eigenvalue weighted by Gasteiger charge is -2.19. The number of rotatable bonds is 4. The van der Waals surface area contributed by atoms with Crippen molar-refractivity contribution in [2.45, 2.75) is 0 Å². The summed E-state index contributed by atoms with van der Waals surface area (Å²) in [5.41, 5.74) is 3.07. The number of H-pyrrole nitrogens is 1. The normalized spacial score (nSPS) is 15.8. The number of ketones is 1. The van der Waals surface area contributed by atoms with Crippen LogP contribution in [0.5, 0.6) is 0 Å². The average Bonchev–Trinajstić information content (AvgIpc) is 3.20. The number of halogens is 1. The van der Waals surface area contributed by atoms with Crippen LogP contribution in [0, 0.1) is 5.92 Å². The molecule has 5 nitrogen and oxygen atoms in total. The van der Waals surface area contributed by atoms with E-state index < -0.39 is 11.8 Å². The molecular weight excluding hydrogens is 410 g/mol. The maximum atomic E-state index is 13.2. The van der Waals surface area contributed by atoms with E-state index in [2.05, 4.69) is 15.0 Å². The molecule has 5 rings (SSSR count). The van der Waals surface area contributed by atoms with Crippen molar-refractivity contribution >= 4 is 46.0 Å². The molecule has 150 valence electrons. The summed E-state index contributed by atoms with van der Waals surface area (Å²) in [6, 6.07) is 22.1. The van der Waals surface area contributed by atoms with Gasteiger partial charge in [-0.15, -0.1) is 0 Å². The molecule has 2 heterocycles. The molecule has 3 aromatic carbocycles. The van der Waals surface area contributed by atoms with Crippen LogP contribution in [-0.4, -0.2) is 21.7 Å². The van der Waals surface area contributed by atoms with Crippen LogP contribution >= 0.6 is 11.6 Å². The molecular formula is C25H16ClN3O2. The van der Waals surface area contributed by atoms with Crippen LogP contribution in [0.3, 0.4) is 0 Å². The molecule has 1 unspecified atom stereocenters. The van der Waals surface area contributed by atoms with E-state index in [4.69, 9.17) is 11.6 Å². The summed E-state index contributed by atoms with van der Waals surface area (Å²) < 4.78 is 0. The molecule has 0 saturated heterocycles. The Labute approximate surface area is 182 Å². The van der Waals surface area contributed by atoms with Gasteiger partial charge in [-0.05, 0) is 53.6 Å². The Morgan fingerprint density at radius 1 is 1.00 bits per heavy atom. The Bertz CT molecular complexity index is 1450. The number of benzene rings is 3. The lowest BCUT2D eigenvalue weighted by atomic mass is 9.85. The Morgan fingerprint density at radius 3 is 2.58 bits per heavy atom. The van der Waals surface area contributed by atoms with Crippen molar-refractivity contribution in [2.24, 2.45) is 10.9 Å². The van der Waals surface area contributed by atoms with Crippen molar-refractivity contribution in [1.82, 2.24) is 9.97 Å². The van der Waals surface area contributed by atoms with Gasteiger partial charge in [0.05, 0.1) is 16.4 Å². The van der Waals surface area contributed by atoms with Gasteiger partial charge < -0.3 is 4.98 Å². The Kier molecular flexibility index (Phi) is 4.81. The molecule has 0 radical (unpaired) electrons. The maximum absolute atomic E-state index is 13.2. The summed E-state index contributed by atoms with van der Waals surface area (Å²) in [7, 11) is 0. The highest BCUT2D eigenvalue weighted by Crippen LogP contribution is 2.25. The molecule has 1 aliphatic rings. The second-order valence-electron chi connectivity index (χ2n) is 7.20. The number of amides is 1. The van der Waals surface area contributed by atoms with Crippen LogP contribution in [0.2, 0.25) is 5.02 Å². The van der Waals surface area contributed by atoms with E-state index in [1.165, 1.54) is 6.08 Å². The van der Waals surface area contributed by atoms with E-state index in [1.807, 2.05) is 54.6 Å². The first kappa shape index (κ1) is 19.2. The quantitative estimate of drug-likeness (QED) is 0.402. The molecule has 4 aromatic rings.